The minimum absolute atomic E-state index is 0.173. The molecule has 2 unspecified atom stereocenters. The summed E-state index contributed by atoms with van der Waals surface area (Å²) in [7, 11) is -3.18. The molecular formula is C12H24ClNO2S. The molecule has 1 saturated heterocycles. The maximum absolute atomic E-state index is 12.2. The van der Waals surface area contributed by atoms with E-state index in [1.807, 2.05) is 0 Å². The van der Waals surface area contributed by atoms with Crippen LogP contribution in [0.1, 0.15) is 40.0 Å². The van der Waals surface area contributed by atoms with E-state index in [4.69, 9.17) is 11.6 Å². The predicted octanol–water partition coefficient (Wildman–Crippen LogP) is 2.70. The molecule has 0 aromatic heterocycles. The average Bonchev–Trinajstić information content (AvgIpc) is 2.53. The molecule has 0 aromatic rings. The molecule has 5 heteroatoms. The van der Waals surface area contributed by atoms with E-state index in [9.17, 15) is 8.42 Å². The normalized spacial score (nSPS) is 25.8. The molecule has 0 amide bonds. The molecule has 1 heterocycles. The van der Waals surface area contributed by atoms with Gasteiger partial charge in [-0.05, 0) is 38.0 Å². The Labute approximate surface area is 111 Å². The van der Waals surface area contributed by atoms with E-state index in [0.717, 1.165) is 19.3 Å². The van der Waals surface area contributed by atoms with Gasteiger partial charge in [0.15, 0.2) is 0 Å². The Morgan fingerprint density at radius 2 is 1.88 bits per heavy atom. The summed E-state index contributed by atoms with van der Waals surface area (Å²) >= 11 is 5.67. The van der Waals surface area contributed by atoms with Gasteiger partial charge in [-0.2, -0.15) is 0 Å². The SMILES string of the molecule is CC(C)C1CCCN(S(=O)(=O)C(C)CCl)CC1. The lowest BCUT2D eigenvalue weighted by Gasteiger charge is -2.23. The first-order chi connectivity index (χ1) is 7.89. The first kappa shape index (κ1) is 15.3. The van der Waals surface area contributed by atoms with Gasteiger partial charge in [-0.3, -0.25) is 0 Å². The second-order valence-electron chi connectivity index (χ2n) is 5.34. The number of sulfonamides is 1. The molecule has 17 heavy (non-hydrogen) atoms. The number of rotatable bonds is 4. The summed E-state index contributed by atoms with van der Waals surface area (Å²) in [6.45, 7) is 7.44. The first-order valence-corrected chi connectivity index (χ1v) is 8.48. The molecule has 0 aliphatic carbocycles. The van der Waals surface area contributed by atoms with Crippen LogP contribution in [0.15, 0.2) is 0 Å². The van der Waals surface area contributed by atoms with E-state index in [2.05, 4.69) is 13.8 Å². The van der Waals surface area contributed by atoms with E-state index < -0.39 is 15.3 Å². The van der Waals surface area contributed by atoms with E-state index in [-0.39, 0.29) is 5.88 Å². The van der Waals surface area contributed by atoms with E-state index in [1.54, 1.807) is 11.2 Å². The standard InChI is InChI=1S/C12H24ClNO2S/c1-10(2)12-5-4-7-14(8-6-12)17(15,16)11(3)9-13/h10-12H,4-9H2,1-3H3. The van der Waals surface area contributed by atoms with Gasteiger partial charge in [0.25, 0.3) is 0 Å². The topological polar surface area (TPSA) is 37.4 Å². The van der Waals surface area contributed by atoms with Crippen LogP contribution in [0.4, 0.5) is 0 Å². The fourth-order valence-electron chi connectivity index (χ4n) is 2.35. The van der Waals surface area contributed by atoms with Crippen molar-refractivity contribution in [2.45, 2.75) is 45.3 Å². The summed E-state index contributed by atoms with van der Waals surface area (Å²) in [4.78, 5) is 0. The summed E-state index contributed by atoms with van der Waals surface area (Å²) in [5.41, 5.74) is 0. The summed E-state index contributed by atoms with van der Waals surface area (Å²) in [5, 5.41) is -0.472. The molecule has 1 rings (SSSR count). The number of alkyl halides is 1. The molecule has 0 radical (unpaired) electrons. The molecule has 1 aliphatic rings. The number of hydrogen-bond acceptors (Lipinski definition) is 2. The van der Waals surface area contributed by atoms with Gasteiger partial charge in [-0.1, -0.05) is 13.8 Å². The van der Waals surface area contributed by atoms with Crippen LogP contribution < -0.4 is 0 Å². The molecule has 0 saturated carbocycles. The molecule has 0 N–H and O–H groups in total. The van der Waals surface area contributed by atoms with Gasteiger partial charge in [-0.25, -0.2) is 12.7 Å². The smallest absolute Gasteiger partial charge is 0.212 e. The van der Waals surface area contributed by atoms with Crippen molar-refractivity contribution in [3.05, 3.63) is 0 Å². The van der Waals surface area contributed by atoms with Crippen LogP contribution in [0.25, 0.3) is 0 Å². The van der Waals surface area contributed by atoms with Crippen molar-refractivity contribution in [1.82, 2.24) is 4.31 Å². The largest absolute Gasteiger partial charge is 0.217 e. The maximum atomic E-state index is 12.2. The number of hydrogen-bond donors (Lipinski definition) is 0. The maximum Gasteiger partial charge on any atom is 0.217 e. The highest BCUT2D eigenvalue weighted by Crippen LogP contribution is 2.26. The van der Waals surface area contributed by atoms with Crippen molar-refractivity contribution in [1.29, 1.82) is 0 Å². The Balaban J connectivity index is 2.69. The second kappa shape index (κ2) is 6.39. The minimum Gasteiger partial charge on any atom is -0.212 e. The Morgan fingerprint density at radius 1 is 1.24 bits per heavy atom. The highest BCUT2D eigenvalue weighted by atomic mass is 35.5. The molecule has 0 aromatic carbocycles. The lowest BCUT2D eigenvalue weighted by atomic mass is 9.89. The molecular weight excluding hydrogens is 258 g/mol. The zero-order chi connectivity index (χ0) is 13.1. The summed E-state index contributed by atoms with van der Waals surface area (Å²) in [5.74, 6) is 1.47. The van der Waals surface area contributed by atoms with Crippen molar-refractivity contribution in [2.75, 3.05) is 19.0 Å². The van der Waals surface area contributed by atoms with Crippen LogP contribution in [0, 0.1) is 11.8 Å². The van der Waals surface area contributed by atoms with Crippen molar-refractivity contribution < 1.29 is 8.42 Å². The predicted molar refractivity (Wildman–Crippen MR) is 72.9 cm³/mol. The van der Waals surface area contributed by atoms with Crippen LogP contribution in [-0.4, -0.2) is 36.9 Å². The number of halogens is 1. The molecule has 0 spiro atoms. The van der Waals surface area contributed by atoms with Crippen molar-refractivity contribution in [3.8, 4) is 0 Å². The molecule has 102 valence electrons. The van der Waals surface area contributed by atoms with Crippen LogP contribution in [-0.2, 0) is 10.0 Å². The van der Waals surface area contributed by atoms with E-state index in [1.165, 1.54) is 0 Å². The number of nitrogens with zero attached hydrogens (tertiary/aromatic N) is 1. The summed E-state index contributed by atoms with van der Waals surface area (Å²) < 4.78 is 26.0. The zero-order valence-corrected chi connectivity index (χ0v) is 12.6. The van der Waals surface area contributed by atoms with Crippen molar-refractivity contribution >= 4 is 21.6 Å². The Hall–Kier alpha value is 0.200. The van der Waals surface area contributed by atoms with Gasteiger partial charge < -0.3 is 0 Å². The third-order valence-electron chi connectivity index (χ3n) is 3.76. The van der Waals surface area contributed by atoms with Crippen molar-refractivity contribution in [3.63, 3.8) is 0 Å². The van der Waals surface area contributed by atoms with E-state index >= 15 is 0 Å². The van der Waals surface area contributed by atoms with Crippen LogP contribution in [0.2, 0.25) is 0 Å². The van der Waals surface area contributed by atoms with Gasteiger partial charge in [-0.15, -0.1) is 11.6 Å². The highest BCUT2D eigenvalue weighted by molar-refractivity contribution is 7.89. The minimum atomic E-state index is -3.18. The van der Waals surface area contributed by atoms with Gasteiger partial charge in [0.1, 0.15) is 0 Å². The quantitative estimate of drug-likeness (QED) is 0.743. The molecule has 1 fully saturated rings. The monoisotopic (exact) mass is 281 g/mol. The van der Waals surface area contributed by atoms with Gasteiger partial charge in [0.05, 0.1) is 5.25 Å². The van der Waals surface area contributed by atoms with Gasteiger partial charge in [0.2, 0.25) is 10.0 Å². The van der Waals surface area contributed by atoms with E-state index in [0.29, 0.717) is 24.9 Å². The average molecular weight is 282 g/mol. The fraction of sp³-hybridized carbons (Fsp3) is 1.00. The van der Waals surface area contributed by atoms with Crippen LogP contribution in [0.3, 0.4) is 0 Å². The summed E-state index contributed by atoms with van der Waals surface area (Å²) in [6.07, 6.45) is 3.09. The first-order valence-electron chi connectivity index (χ1n) is 6.44. The summed E-state index contributed by atoms with van der Waals surface area (Å²) in [6, 6.07) is 0. The van der Waals surface area contributed by atoms with Crippen LogP contribution >= 0.6 is 11.6 Å². The fourth-order valence-corrected chi connectivity index (χ4v) is 4.24. The third-order valence-corrected chi connectivity index (χ3v) is 6.67. The lowest BCUT2D eigenvalue weighted by Crippen LogP contribution is -2.39. The van der Waals surface area contributed by atoms with Crippen molar-refractivity contribution in [2.24, 2.45) is 11.8 Å². The van der Waals surface area contributed by atoms with Gasteiger partial charge in [0, 0.05) is 19.0 Å². The molecule has 1 aliphatic heterocycles. The van der Waals surface area contributed by atoms with Gasteiger partial charge >= 0.3 is 0 Å². The third kappa shape index (κ3) is 3.83. The Morgan fingerprint density at radius 3 is 2.41 bits per heavy atom. The molecule has 2 atom stereocenters. The molecule has 0 bridgehead atoms. The Bertz CT molecular complexity index is 329. The highest BCUT2D eigenvalue weighted by Gasteiger charge is 2.30. The Kier molecular flexibility index (Phi) is 5.74. The molecule has 3 nitrogen and oxygen atoms in total. The van der Waals surface area contributed by atoms with Crippen LogP contribution in [0.5, 0.6) is 0 Å². The lowest BCUT2D eigenvalue weighted by molar-refractivity contribution is 0.340. The second-order valence-corrected chi connectivity index (χ2v) is 8.00. The zero-order valence-electron chi connectivity index (χ0n) is 11.0.